The van der Waals surface area contributed by atoms with Crippen molar-refractivity contribution in [2.24, 2.45) is 5.73 Å². The van der Waals surface area contributed by atoms with Crippen LogP contribution in [0.2, 0.25) is 10.0 Å². The summed E-state index contributed by atoms with van der Waals surface area (Å²) in [6.45, 7) is 3.74. The van der Waals surface area contributed by atoms with Crippen LogP contribution in [0.3, 0.4) is 0 Å². The van der Waals surface area contributed by atoms with E-state index in [1.807, 2.05) is 6.92 Å². The third-order valence-electron chi connectivity index (χ3n) is 5.54. The highest BCUT2D eigenvalue weighted by molar-refractivity contribution is 6.34. The van der Waals surface area contributed by atoms with E-state index >= 15 is 0 Å². The lowest BCUT2D eigenvalue weighted by molar-refractivity contribution is -0.137. The van der Waals surface area contributed by atoms with E-state index in [4.69, 9.17) is 33.7 Å². The van der Waals surface area contributed by atoms with Gasteiger partial charge in [0.05, 0.1) is 17.9 Å². The van der Waals surface area contributed by atoms with Crippen LogP contribution in [0.25, 0.3) is 0 Å². The van der Waals surface area contributed by atoms with E-state index in [9.17, 15) is 18.0 Å². The number of rotatable bonds is 4. The maximum atomic E-state index is 13.5. The molecule has 9 heteroatoms. The molecule has 0 fully saturated rings. The summed E-state index contributed by atoms with van der Waals surface area (Å²) in [6.07, 6.45) is -4.17. The average molecular weight is 475 g/mol. The Labute approximate surface area is 189 Å². The standard InChI is InChI=1S/C22H23Cl2F3N2O2/c1-3-16-11-18(20(28)12-7-14(23)10-15(24)8-12)17-9-13(22(25,26)27)5-6-19(17)29(16)21(30)31-4-2/h5-10,16,18,20H,3-4,11,28H2,1-2H3/t16-,18-,20-/m1/s1. The molecule has 3 rings (SSSR count). The number of fused-ring (bicyclic) bond motifs is 1. The monoisotopic (exact) mass is 474 g/mol. The average Bonchev–Trinajstić information content (AvgIpc) is 2.70. The fraction of sp³-hybridized carbons (Fsp3) is 0.409. The first-order valence-electron chi connectivity index (χ1n) is 9.95. The number of carbonyl (C=O) groups is 1. The van der Waals surface area contributed by atoms with Gasteiger partial charge < -0.3 is 10.5 Å². The zero-order valence-electron chi connectivity index (χ0n) is 17.0. The lowest BCUT2D eigenvalue weighted by atomic mass is 9.78. The van der Waals surface area contributed by atoms with Crippen LogP contribution in [0, 0.1) is 0 Å². The minimum Gasteiger partial charge on any atom is -0.449 e. The Kier molecular flexibility index (Phi) is 7.08. The van der Waals surface area contributed by atoms with Crippen molar-refractivity contribution in [3.63, 3.8) is 0 Å². The molecule has 0 bridgehead atoms. The highest BCUT2D eigenvalue weighted by Crippen LogP contribution is 2.47. The normalized spacial score (nSPS) is 19.7. The molecule has 1 amide bonds. The van der Waals surface area contributed by atoms with Crippen LogP contribution in [0.1, 0.15) is 55.3 Å². The number of halogens is 5. The van der Waals surface area contributed by atoms with Crippen LogP contribution in [-0.4, -0.2) is 18.7 Å². The fourth-order valence-corrected chi connectivity index (χ4v) is 4.64. The van der Waals surface area contributed by atoms with Gasteiger partial charge in [0.15, 0.2) is 0 Å². The van der Waals surface area contributed by atoms with Crippen molar-refractivity contribution in [1.29, 1.82) is 0 Å². The third-order valence-corrected chi connectivity index (χ3v) is 5.98. The van der Waals surface area contributed by atoms with Crippen LogP contribution in [0.4, 0.5) is 23.7 Å². The molecule has 0 saturated heterocycles. The van der Waals surface area contributed by atoms with E-state index in [1.165, 1.54) is 11.0 Å². The first-order valence-corrected chi connectivity index (χ1v) is 10.7. The molecule has 0 aliphatic carbocycles. The topological polar surface area (TPSA) is 55.6 Å². The van der Waals surface area contributed by atoms with Gasteiger partial charge in [-0.05, 0) is 67.3 Å². The molecule has 2 N–H and O–H groups in total. The lowest BCUT2D eigenvalue weighted by Gasteiger charge is -2.42. The van der Waals surface area contributed by atoms with Crippen molar-refractivity contribution < 1.29 is 22.7 Å². The molecule has 0 spiro atoms. The summed E-state index contributed by atoms with van der Waals surface area (Å²) in [5, 5.41) is 0.774. The second-order valence-corrected chi connectivity index (χ2v) is 8.35. The molecule has 168 valence electrons. The number of hydrogen-bond acceptors (Lipinski definition) is 3. The van der Waals surface area contributed by atoms with Gasteiger partial charge in [-0.1, -0.05) is 30.1 Å². The largest absolute Gasteiger partial charge is 0.449 e. The van der Waals surface area contributed by atoms with Crippen LogP contribution in [0.5, 0.6) is 0 Å². The molecule has 0 unspecified atom stereocenters. The predicted molar refractivity (Wildman–Crippen MR) is 116 cm³/mol. The van der Waals surface area contributed by atoms with Crippen molar-refractivity contribution in [1.82, 2.24) is 0 Å². The van der Waals surface area contributed by atoms with Gasteiger partial charge in [-0.25, -0.2) is 4.79 Å². The quantitative estimate of drug-likeness (QED) is 0.521. The third kappa shape index (κ3) is 4.94. The second-order valence-electron chi connectivity index (χ2n) is 7.47. The number of carbonyl (C=O) groups excluding carboxylic acids is 1. The summed E-state index contributed by atoms with van der Waals surface area (Å²) >= 11 is 12.2. The Balaban J connectivity index is 2.15. The molecule has 2 aromatic rings. The summed E-state index contributed by atoms with van der Waals surface area (Å²) in [7, 11) is 0. The molecule has 2 aromatic carbocycles. The van der Waals surface area contributed by atoms with E-state index in [0.29, 0.717) is 39.7 Å². The maximum absolute atomic E-state index is 13.5. The highest BCUT2D eigenvalue weighted by Gasteiger charge is 2.41. The predicted octanol–water partition coefficient (Wildman–Crippen LogP) is 6.94. The van der Waals surface area contributed by atoms with Crippen LogP contribution < -0.4 is 10.6 Å². The Bertz CT molecular complexity index is 948. The van der Waals surface area contributed by atoms with Gasteiger partial charge in [-0.15, -0.1) is 0 Å². The summed E-state index contributed by atoms with van der Waals surface area (Å²) in [5.74, 6) is -0.484. The van der Waals surface area contributed by atoms with E-state index in [1.54, 1.807) is 25.1 Å². The van der Waals surface area contributed by atoms with E-state index < -0.39 is 29.8 Å². The van der Waals surface area contributed by atoms with Gasteiger partial charge >= 0.3 is 12.3 Å². The summed E-state index contributed by atoms with van der Waals surface area (Å²) in [5.41, 5.74) is 7.08. The molecule has 0 aromatic heterocycles. The summed E-state index contributed by atoms with van der Waals surface area (Å²) in [4.78, 5) is 14.1. The van der Waals surface area contributed by atoms with Crippen molar-refractivity contribution in [2.45, 2.75) is 50.9 Å². The summed E-state index contributed by atoms with van der Waals surface area (Å²) < 4.78 is 45.6. The Morgan fingerprint density at radius 2 is 1.84 bits per heavy atom. The van der Waals surface area contributed by atoms with E-state index in [0.717, 1.165) is 12.1 Å². The molecule has 0 saturated carbocycles. The zero-order chi connectivity index (χ0) is 22.9. The van der Waals surface area contributed by atoms with Gasteiger partial charge in [-0.3, -0.25) is 4.90 Å². The van der Waals surface area contributed by atoms with Gasteiger partial charge in [-0.2, -0.15) is 13.2 Å². The van der Waals surface area contributed by atoms with Gasteiger partial charge in [0.1, 0.15) is 0 Å². The Morgan fingerprint density at radius 1 is 1.19 bits per heavy atom. The molecule has 0 radical (unpaired) electrons. The number of anilines is 1. The number of amides is 1. The first kappa shape index (κ1) is 23.7. The molecule has 4 nitrogen and oxygen atoms in total. The minimum atomic E-state index is -4.53. The number of nitrogens with zero attached hydrogens (tertiary/aromatic N) is 1. The van der Waals surface area contributed by atoms with Crippen LogP contribution in [-0.2, 0) is 10.9 Å². The zero-order valence-corrected chi connectivity index (χ0v) is 18.6. The van der Waals surface area contributed by atoms with Crippen molar-refractivity contribution in [3.8, 4) is 0 Å². The Hall–Kier alpha value is -1.96. The first-order chi connectivity index (χ1) is 14.6. The number of alkyl halides is 3. The van der Waals surface area contributed by atoms with Crippen molar-refractivity contribution in [2.75, 3.05) is 11.5 Å². The van der Waals surface area contributed by atoms with E-state index in [-0.39, 0.29) is 12.6 Å². The molecule has 1 aliphatic heterocycles. The number of benzene rings is 2. The van der Waals surface area contributed by atoms with Crippen LogP contribution in [0.15, 0.2) is 36.4 Å². The number of nitrogens with two attached hydrogens (primary N) is 1. The summed E-state index contributed by atoms with van der Waals surface area (Å²) in [6, 6.07) is 7.29. The number of ether oxygens (including phenoxy) is 1. The molecule has 1 aliphatic rings. The Morgan fingerprint density at radius 3 is 2.39 bits per heavy atom. The maximum Gasteiger partial charge on any atom is 0.416 e. The van der Waals surface area contributed by atoms with Crippen molar-refractivity contribution in [3.05, 3.63) is 63.1 Å². The number of hydrogen-bond donors (Lipinski definition) is 1. The molecule has 31 heavy (non-hydrogen) atoms. The molecule has 1 heterocycles. The molecular weight excluding hydrogens is 452 g/mol. The van der Waals surface area contributed by atoms with Gasteiger partial charge in [0, 0.05) is 28.0 Å². The molecular formula is C22H23Cl2F3N2O2. The fourth-order valence-electron chi connectivity index (χ4n) is 4.10. The highest BCUT2D eigenvalue weighted by atomic mass is 35.5. The van der Waals surface area contributed by atoms with Gasteiger partial charge in [0.2, 0.25) is 0 Å². The lowest BCUT2D eigenvalue weighted by Crippen LogP contribution is -2.46. The van der Waals surface area contributed by atoms with Gasteiger partial charge in [0.25, 0.3) is 0 Å². The minimum absolute atomic E-state index is 0.158. The smallest absolute Gasteiger partial charge is 0.416 e. The van der Waals surface area contributed by atoms with Crippen LogP contribution >= 0.6 is 23.2 Å². The SMILES string of the molecule is CCOC(=O)N1c2ccc(C(F)(F)F)cc2[C@H]([C@H](N)c2cc(Cl)cc(Cl)c2)C[C@H]1CC. The van der Waals surface area contributed by atoms with E-state index in [2.05, 4.69) is 0 Å². The van der Waals surface area contributed by atoms with Crippen molar-refractivity contribution >= 4 is 35.0 Å². The molecule has 3 atom stereocenters. The second kappa shape index (κ2) is 9.27.